The van der Waals surface area contributed by atoms with E-state index in [-0.39, 0.29) is 0 Å². The van der Waals surface area contributed by atoms with Gasteiger partial charge in [0.15, 0.2) is 17.5 Å². The summed E-state index contributed by atoms with van der Waals surface area (Å²) in [5, 5.41) is 6.89. The maximum atomic E-state index is 5.72. The minimum atomic E-state index is 0.635. The number of piperidine rings is 1. The van der Waals surface area contributed by atoms with Gasteiger partial charge in [0.2, 0.25) is 0 Å². The summed E-state index contributed by atoms with van der Waals surface area (Å²) in [4.78, 5) is 6.90. The number of rotatable bonds is 11. The molecule has 1 aliphatic heterocycles. The summed E-state index contributed by atoms with van der Waals surface area (Å²) < 4.78 is 11.4. The van der Waals surface area contributed by atoms with Crippen LogP contribution in [-0.4, -0.2) is 63.8 Å². The number of nitrogens with one attached hydrogen (secondary N) is 2. The van der Waals surface area contributed by atoms with Crippen molar-refractivity contribution in [1.29, 1.82) is 0 Å². The largest absolute Gasteiger partial charge is 0.490 e. The summed E-state index contributed by atoms with van der Waals surface area (Å²) >= 11 is 0. The zero-order valence-electron chi connectivity index (χ0n) is 18.8. The van der Waals surface area contributed by atoms with Gasteiger partial charge in [-0.3, -0.25) is 4.99 Å². The summed E-state index contributed by atoms with van der Waals surface area (Å²) in [6, 6.07) is 6.18. The molecule has 0 amide bonds. The highest BCUT2D eigenvalue weighted by Gasteiger charge is 2.17. The van der Waals surface area contributed by atoms with Crippen molar-refractivity contribution in [1.82, 2.24) is 15.5 Å². The number of likely N-dealkylation sites (tertiary alicyclic amines) is 1. The van der Waals surface area contributed by atoms with Crippen molar-refractivity contribution < 1.29 is 9.47 Å². The molecule has 1 aliphatic rings. The van der Waals surface area contributed by atoms with E-state index in [4.69, 9.17) is 9.47 Å². The van der Waals surface area contributed by atoms with Gasteiger partial charge in [0.1, 0.15) is 0 Å². The van der Waals surface area contributed by atoms with Crippen molar-refractivity contribution in [3.63, 3.8) is 0 Å². The van der Waals surface area contributed by atoms with Gasteiger partial charge < -0.3 is 25.0 Å². The van der Waals surface area contributed by atoms with E-state index < -0.39 is 0 Å². The van der Waals surface area contributed by atoms with Gasteiger partial charge >= 0.3 is 0 Å². The third-order valence-electron chi connectivity index (χ3n) is 5.54. The first kappa shape index (κ1) is 23.3. The maximum Gasteiger partial charge on any atom is 0.190 e. The number of aliphatic imine (C=N–C) groups is 1. The van der Waals surface area contributed by atoms with E-state index in [2.05, 4.69) is 39.6 Å². The normalized spacial score (nSPS) is 15.9. The second-order valence-corrected chi connectivity index (χ2v) is 7.49. The standard InChI is InChI=1S/C23H40N4O2/c1-5-27-16-12-19(13-17-27)10-14-25-23(24-4)26-15-11-20-8-9-21(28-6-2)22(18-20)29-7-3/h8-9,18-19H,5-7,10-17H2,1-4H3,(H2,24,25,26). The lowest BCUT2D eigenvalue weighted by Crippen LogP contribution is -2.40. The van der Waals surface area contributed by atoms with Gasteiger partial charge in [-0.2, -0.15) is 0 Å². The Bertz CT molecular complexity index is 613. The molecule has 1 aromatic carbocycles. The van der Waals surface area contributed by atoms with Crippen molar-refractivity contribution >= 4 is 5.96 Å². The Hall–Kier alpha value is -1.95. The maximum absolute atomic E-state index is 5.72. The van der Waals surface area contributed by atoms with Gasteiger partial charge in [-0.1, -0.05) is 13.0 Å². The Balaban J connectivity index is 1.70. The molecule has 29 heavy (non-hydrogen) atoms. The Morgan fingerprint density at radius 2 is 1.72 bits per heavy atom. The molecule has 0 atom stereocenters. The van der Waals surface area contributed by atoms with E-state index in [0.717, 1.165) is 42.9 Å². The van der Waals surface area contributed by atoms with Gasteiger partial charge in [0.25, 0.3) is 0 Å². The highest BCUT2D eigenvalue weighted by molar-refractivity contribution is 5.79. The molecule has 1 aromatic rings. The highest BCUT2D eigenvalue weighted by Crippen LogP contribution is 2.28. The third-order valence-corrected chi connectivity index (χ3v) is 5.54. The predicted molar refractivity (Wildman–Crippen MR) is 121 cm³/mol. The summed E-state index contributed by atoms with van der Waals surface area (Å²) in [6.45, 7) is 13.0. The number of hydrogen-bond acceptors (Lipinski definition) is 4. The molecule has 164 valence electrons. The zero-order valence-corrected chi connectivity index (χ0v) is 18.8. The first-order valence-electron chi connectivity index (χ1n) is 11.2. The van der Waals surface area contributed by atoms with Crippen LogP contribution in [0.25, 0.3) is 0 Å². The van der Waals surface area contributed by atoms with Gasteiger partial charge in [0.05, 0.1) is 13.2 Å². The number of nitrogens with zero attached hydrogens (tertiary/aromatic N) is 2. The lowest BCUT2D eigenvalue weighted by atomic mass is 9.93. The van der Waals surface area contributed by atoms with Crippen molar-refractivity contribution in [2.24, 2.45) is 10.9 Å². The van der Waals surface area contributed by atoms with Crippen molar-refractivity contribution in [2.75, 3.05) is 53.0 Å². The number of guanidine groups is 1. The molecule has 0 saturated carbocycles. The van der Waals surface area contributed by atoms with Crippen LogP contribution >= 0.6 is 0 Å². The first-order chi connectivity index (χ1) is 14.2. The smallest absolute Gasteiger partial charge is 0.190 e. The van der Waals surface area contributed by atoms with Crippen molar-refractivity contribution in [3.8, 4) is 11.5 Å². The van der Waals surface area contributed by atoms with Crippen molar-refractivity contribution in [2.45, 2.75) is 46.5 Å². The molecular formula is C23H40N4O2. The zero-order chi connectivity index (χ0) is 20.9. The fourth-order valence-corrected chi connectivity index (χ4v) is 3.78. The van der Waals surface area contributed by atoms with Gasteiger partial charge in [-0.15, -0.1) is 0 Å². The Morgan fingerprint density at radius 3 is 2.38 bits per heavy atom. The van der Waals surface area contributed by atoms with Gasteiger partial charge in [0, 0.05) is 20.1 Å². The average Bonchev–Trinajstić information content (AvgIpc) is 2.75. The van der Waals surface area contributed by atoms with Crippen LogP contribution in [0, 0.1) is 5.92 Å². The Labute approximate surface area is 177 Å². The van der Waals surface area contributed by atoms with Gasteiger partial charge in [-0.25, -0.2) is 0 Å². The van der Waals surface area contributed by atoms with Crippen LogP contribution in [0.1, 0.15) is 45.6 Å². The molecule has 0 spiro atoms. The second kappa shape index (κ2) is 13.3. The topological polar surface area (TPSA) is 58.1 Å². The molecule has 0 aliphatic carbocycles. The molecule has 1 saturated heterocycles. The quantitative estimate of drug-likeness (QED) is 0.438. The van der Waals surface area contributed by atoms with Crippen LogP contribution in [0.5, 0.6) is 11.5 Å². The predicted octanol–water partition coefficient (Wildman–Crippen LogP) is 3.31. The van der Waals surface area contributed by atoms with Crippen LogP contribution in [0.2, 0.25) is 0 Å². The molecule has 1 fully saturated rings. The van der Waals surface area contributed by atoms with Crippen LogP contribution in [0.15, 0.2) is 23.2 Å². The minimum Gasteiger partial charge on any atom is -0.490 e. The third kappa shape index (κ3) is 8.13. The van der Waals surface area contributed by atoms with Crippen molar-refractivity contribution in [3.05, 3.63) is 23.8 Å². The number of ether oxygens (including phenoxy) is 2. The van der Waals surface area contributed by atoms with Crippen LogP contribution in [-0.2, 0) is 6.42 Å². The highest BCUT2D eigenvalue weighted by atomic mass is 16.5. The summed E-state index contributed by atoms with van der Waals surface area (Å²) in [5.74, 6) is 3.35. The Kier molecular flexibility index (Phi) is 10.7. The fraction of sp³-hybridized carbons (Fsp3) is 0.696. The number of hydrogen-bond donors (Lipinski definition) is 2. The fourth-order valence-electron chi connectivity index (χ4n) is 3.78. The summed E-state index contributed by atoms with van der Waals surface area (Å²) in [7, 11) is 1.83. The SMILES string of the molecule is CCOc1ccc(CCNC(=NC)NCCC2CCN(CC)CC2)cc1OCC. The average molecular weight is 405 g/mol. The molecule has 6 nitrogen and oxygen atoms in total. The second-order valence-electron chi connectivity index (χ2n) is 7.49. The minimum absolute atomic E-state index is 0.635. The van der Waals surface area contributed by atoms with E-state index in [9.17, 15) is 0 Å². The molecule has 0 radical (unpaired) electrons. The molecule has 2 N–H and O–H groups in total. The molecular weight excluding hydrogens is 364 g/mol. The molecule has 0 bridgehead atoms. The molecule has 0 unspecified atom stereocenters. The van der Waals surface area contributed by atoms with Crippen LogP contribution in [0.4, 0.5) is 0 Å². The van der Waals surface area contributed by atoms with Crippen LogP contribution in [0.3, 0.4) is 0 Å². The Morgan fingerprint density at radius 1 is 1.03 bits per heavy atom. The summed E-state index contributed by atoms with van der Waals surface area (Å²) in [6.07, 6.45) is 4.76. The molecule has 6 heteroatoms. The molecule has 1 heterocycles. The monoisotopic (exact) mass is 404 g/mol. The molecule has 2 rings (SSSR count). The lowest BCUT2D eigenvalue weighted by Gasteiger charge is -2.31. The lowest BCUT2D eigenvalue weighted by molar-refractivity contribution is 0.187. The first-order valence-corrected chi connectivity index (χ1v) is 11.2. The van der Waals surface area contributed by atoms with E-state index >= 15 is 0 Å². The van der Waals surface area contributed by atoms with E-state index in [1.165, 1.54) is 44.5 Å². The van der Waals surface area contributed by atoms with E-state index in [1.54, 1.807) is 0 Å². The van der Waals surface area contributed by atoms with E-state index in [1.807, 2.05) is 27.0 Å². The van der Waals surface area contributed by atoms with E-state index in [0.29, 0.717) is 13.2 Å². The van der Waals surface area contributed by atoms with Gasteiger partial charge in [-0.05, 0) is 82.8 Å². The van der Waals surface area contributed by atoms with Crippen LogP contribution < -0.4 is 20.1 Å². The molecule has 0 aromatic heterocycles. The summed E-state index contributed by atoms with van der Waals surface area (Å²) in [5.41, 5.74) is 1.22. The number of benzene rings is 1.